The van der Waals surface area contributed by atoms with E-state index in [1.807, 2.05) is 11.8 Å². The molecule has 2 N–H and O–H groups in total. The SMILES string of the molecule is CCOC(=O)NC(=O)C1CCSC1NC(=O)C1CC2CCCCC2S1. The Balaban J connectivity index is 1.51. The first kappa shape index (κ1) is 18.9. The molecule has 0 radical (unpaired) electrons. The van der Waals surface area contributed by atoms with Gasteiger partial charge in [0.25, 0.3) is 0 Å². The Hall–Kier alpha value is -0.890. The second-order valence-electron chi connectivity index (χ2n) is 6.85. The van der Waals surface area contributed by atoms with Gasteiger partial charge < -0.3 is 10.1 Å². The van der Waals surface area contributed by atoms with Crippen LogP contribution in [0, 0.1) is 11.8 Å². The smallest absolute Gasteiger partial charge is 0.413 e. The lowest BCUT2D eigenvalue weighted by atomic mass is 9.86. The lowest BCUT2D eigenvalue weighted by Crippen LogP contribution is -2.46. The van der Waals surface area contributed by atoms with Gasteiger partial charge in [0.15, 0.2) is 0 Å². The van der Waals surface area contributed by atoms with Gasteiger partial charge in [-0.15, -0.1) is 23.5 Å². The molecule has 5 unspecified atom stereocenters. The van der Waals surface area contributed by atoms with Crippen LogP contribution in [0.2, 0.25) is 0 Å². The molecule has 0 aromatic carbocycles. The van der Waals surface area contributed by atoms with Gasteiger partial charge in [-0.25, -0.2) is 4.79 Å². The molecule has 8 heteroatoms. The number of ether oxygens (including phenoxy) is 1. The third-order valence-corrected chi connectivity index (χ3v) is 8.18. The van der Waals surface area contributed by atoms with Crippen LogP contribution in [0.15, 0.2) is 0 Å². The van der Waals surface area contributed by atoms with E-state index in [4.69, 9.17) is 4.74 Å². The maximum atomic E-state index is 12.7. The predicted octanol–water partition coefficient (Wildman–Crippen LogP) is 2.52. The van der Waals surface area contributed by atoms with Gasteiger partial charge in [-0.2, -0.15) is 0 Å². The number of carbonyl (C=O) groups excluding carboxylic acids is 3. The largest absolute Gasteiger partial charge is 0.450 e. The van der Waals surface area contributed by atoms with E-state index in [1.54, 1.807) is 18.7 Å². The minimum absolute atomic E-state index is 0.00284. The summed E-state index contributed by atoms with van der Waals surface area (Å²) in [6.07, 6.45) is 5.92. The molecule has 25 heavy (non-hydrogen) atoms. The fraction of sp³-hybridized carbons (Fsp3) is 0.824. The Morgan fingerprint density at radius 1 is 1.12 bits per heavy atom. The molecule has 0 aromatic heterocycles. The number of amides is 3. The number of rotatable bonds is 4. The van der Waals surface area contributed by atoms with Gasteiger partial charge in [0, 0.05) is 5.25 Å². The first-order valence-electron chi connectivity index (χ1n) is 9.13. The number of nitrogens with one attached hydrogen (secondary N) is 2. The van der Waals surface area contributed by atoms with Gasteiger partial charge in [-0.1, -0.05) is 12.8 Å². The molecule has 6 nitrogen and oxygen atoms in total. The molecule has 0 spiro atoms. The molecule has 2 heterocycles. The van der Waals surface area contributed by atoms with E-state index >= 15 is 0 Å². The van der Waals surface area contributed by atoms with Crippen molar-refractivity contribution in [3.63, 3.8) is 0 Å². The zero-order valence-electron chi connectivity index (χ0n) is 14.5. The highest BCUT2D eigenvalue weighted by atomic mass is 32.2. The summed E-state index contributed by atoms with van der Waals surface area (Å²) in [6, 6.07) is 0. The third-order valence-electron chi connectivity index (χ3n) is 5.20. The first-order chi connectivity index (χ1) is 12.1. The maximum absolute atomic E-state index is 12.7. The normalized spacial score (nSPS) is 34.2. The van der Waals surface area contributed by atoms with Crippen LogP contribution in [0.5, 0.6) is 0 Å². The van der Waals surface area contributed by atoms with E-state index in [0.717, 1.165) is 12.2 Å². The van der Waals surface area contributed by atoms with E-state index in [2.05, 4.69) is 10.6 Å². The Morgan fingerprint density at radius 2 is 1.92 bits per heavy atom. The van der Waals surface area contributed by atoms with E-state index in [1.165, 1.54) is 25.7 Å². The number of thioether (sulfide) groups is 2. The zero-order chi connectivity index (χ0) is 17.8. The van der Waals surface area contributed by atoms with Crippen LogP contribution in [0.4, 0.5) is 4.79 Å². The molecule has 1 saturated carbocycles. The van der Waals surface area contributed by atoms with Crippen LogP contribution in [-0.4, -0.2) is 46.1 Å². The van der Waals surface area contributed by atoms with Crippen molar-refractivity contribution in [1.29, 1.82) is 0 Å². The first-order valence-corrected chi connectivity index (χ1v) is 11.1. The van der Waals surface area contributed by atoms with Gasteiger partial charge in [0.1, 0.15) is 0 Å². The topological polar surface area (TPSA) is 84.5 Å². The van der Waals surface area contributed by atoms with Crippen molar-refractivity contribution < 1.29 is 19.1 Å². The fourth-order valence-electron chi connectivity index (χ4n) is 3.93. The molecular formula is C17H26N2O4S2. The number of hydrogen-bond acceptors (Lipinski definition) is 6. The van der Waals surface area contributed by atoms with Crippen molar-refractivity contribution >= 4 is 41.4 Å². The highest BCUT2D eigenvalue weighted by Crippen LogP contribution is 2.46. The lowest BCUT2D eigenvalue weighted by Gasteiger charge is -2.23. The second kappa shape index (κ2) is 8.66. The third kappa shape index (κ3) is 4.64. The van der Waals surface area contributed by atoms with Crippen molar-refractivity contribution in [2.24, 2.45) is 11.8 Å². The van der Waals surface area contributed by atoms with E-state index in [9.17, 15) is 14.4 Å². The zero-order valence-corrected chi connectivity index (χ0v) is 16.1. The van der Waals surface area contributed by atoms with Gasteiger partial charge in [0.05, 0.1) is 23.1 Å². The summed E-state index contributed by atoms with van der Waals surface area (Å²) < 4.78 is 4.76. The van der Waals surface area contributed by atoms with Crippen molar-refractivity contribution in [3.8, 4) is 0 Å². The summed E-state index contributed by atoms with van der Waals surface area (Å²) >= 11 is 3.39. The van der Waals surface area contributed by atoms with Crippen LogP contribution in [0.1, 0.15) is 45.4 Å². The summed E-state index contributed by atoms with van der Waals surface area (Å²) in [7, 11) is 0. The molecule has 3 rings (SSSR count). The highest BCUT2D eigenvalue weighted by molar-refractivity contribution is 8.01. The molecule has 5 atom stereocenters. The van der Waals surface area contributed by atoms with Gasteiger partial charge >= 0.3 is 6.09 Å². The number of alkyl carbamates (subject to hydrolysis) is 1. The van der Waals surface area contributed by atoms with Crippen molar-refractivity contribution in [1.82, 2.24) is 10.6 Å². The van der Waals surface area contributed by atoms with Crippen LogP contribution >= 0.6 is 23.5 Å². The van der Waals surface area contributed by atoms with Crippen molar-refractivity contribution in [2.75, 3.05) is 12.4 Å². The average molecular weight is 387 g/mol. The van der Waals surface area contributed by atoms with Gasteiger partial charge in [0.2, 0.25) is 11.8 Å². The molecule has 3 amide bonds. The molecule has 140 valence electrons. The number of fused-ring (bicyclic) bond motifs is 1. The quantitative estimate of drug-likeness (QED) is 0.772. The summed E-state index contributed by atoms with van der Waals surface area (Å²) in [5, 5.41) is 5.70. The average Bonchev–Trinajstić information content (AvgIpc) is 3.21. The molecule has 1 aliphatic carbocycles. The van der Waals surface area contributed by atoms with E-state index in [-0.39, 0.29) is 35.0 Å². The fourth-order valence-corrected chi connectivity index (χ4v) is 7.01. The summed E-state index contributed by atoms with van der Waals surface area (Å²) in [4.78, 5) is 36.4. The number of carbonyl (C=O) groups is 3. The minimum atomic E-state index is -0.718. The Bertz CT molecular complexity index is 517. The monoisotopic (exact) mass is 386 g/mol. The maximum Gasteiger partial charge on any atom is 0.413 e. The number of imide groups is 1. The van der Waals surface area contributed by atoms with Crippen molar-refractivity contribution in [3.05, 3.63) is 0 Å². The van der Waals surface area contributed by atoms with Crippen LogP contribution < -0.4 is 10.6 Å². The van der Waals surface area contributed by atoms with Crippen LogP contribution in [0.3, 0.4) is 0 Å². The molecule has 3 aliphatic rings. The molecular weight excluding hydrogens is 360 g/mol. The summed E-state index contributed by atoms with van der Waals surface area (Å²) in [5.41, 5.74) is 0. The van der Waals surface area contributed by atoms with E-state index < -0.39 is 6.09 Å². The van der Waals surface area contributed by atoms with Gasteiger partial charge in [-0.05, 0) is 44.3 Å². The lowest BCUT2D eigenvalue weighted by molar-refractivity contribution is -0.125. The molecule has 3 fully saturated rings. The Morgan fingerprint density at radius 3 is 2.68 bits per heavy atom. The summed E-state index contributed by atoms with van der Waals surface area (Å²) in [5.74, 6) is 0.782. The summed E-state index contributed by atoms with van der Waals surface area (Å²) in [6.45, 7) is 1.91. The molecule has 2 aliphatic heterocycles. The standard InChI is InChI=1S/C17H26N2O4S2/c1-2-23-17(22)19-14(20)11-7-8-24-16(11)18-15(21)13-9-10-5-3-4-6-12(10)25-13/h10-13,16H,2-9H2,1H3,(H,18,21)(H,19,20,22). The molecule has 0 bridgehead atoms. The van der Waals surface area contributed by atoms with Gasteiger partial charge in [-0.3, -0.25) is 14.9 Å². The Labute approximate surface area is 157 Å². The van der Waals surface area contributed by atoms with Crippen molar-refractivity contribution in [2.45, 2.75) is 61.3 Å². The Kier molecular flexibility index (Phi) is 6.55. The minimum Gasteiger partial charge on any atom is -0.450 e. The van der Waals surface area contributed by atoms with E-state index in [0.29, 0.717) is 17.6 Å². The van der Waals surface area contributed by atoms with Crippen LogP contribution in [-0.2, 0) is 14.3 Å². The highest BCUT2D eigenvalue weighted by Gasteiger charge is 2.42. The molecule has 0 aromatic rings. The molecule has 2 saturated heterocycles. The number of hydrogen-bond donors (Lipinski definition) is 2. The van der Waals surface area contributed by atoms with Crippen LogP contribution in [0.25, 0.3) is 0 Å². The predicted molar refractivity (Wildman–Crippen MR) is 99.4 cm³/mol. The second-order valence-corrected chi connectivity index (χ2v) is 9.54.